The number of nitrogens with zero attached hydrogens (tertiary/aromatic N) is 3. The van der Waals surface area contributed by atoms with Crippen molar-refractivity contribution < 1.29 is 9.18 Å². The number of carbonyl (C=O) groups is 1. The number of halogens is 1. The Morgan fingerprint density at radius 2 is 2.27 bits per heavy atom. The molecule has 0 aromatic carbocycles. The second-order valence-corrected chi connectivity index (χ2v) is 6.24. The summed E-state index contributed by atoms with van der Waals surface area (Å²) in [6.07, 6.45) is 2.35. The van der Waals surface area contributed by atoms with E-state index in [-0.39, 0.29) is 11.2 Å². The first-order valence-electron chi connectivity index (χ1n) is 6.94. The van der Waals surface area contributed by atoms with Gasteiger partial charge >= 0.3 is 0 Å². The fraction of sp³-hybridized carbons (Fsp3) is 0.312. The van der Waals surface area contributed by atoms with Crippen LogP contribution in [-0.2, 0) is 17.8 Å². The van der Waals surface area contributed by atoms with E-state index in [0.29, 0.717) is 23.2 Å². The lowest BCUT2D eigenvalue weighted by Gasteiger charge is -2.16. The fourth-order valence-corrected chi connectivity index (χ4v) is 2.99. The number of nitriles is 1. The molecule has 1 aliphatic rings. The Balaban J connectivity index is 2.17. The Morgan fingerprint density at radius 1 is 1.50 bits per heavy atom. The van der Waals surface area contributed by atoms with Gasteiger partial charge in [-0.05, 0) is 24.0 Å². The van der Waals surface area contributed by atoms with Crippen LogP contribution in [-0.4, -0.2) is 16.0 Å². The van der Waals surface area contributed by atoms with E-state index in [0.717, 1.165) is 24.9 Å². The van der Waals surface area contributed by atoms with E-state index in [2.05, 4.69) is 30.2 Å². The highest BCUT2D eigenvalue weighted by atomic mass is 19.1. The van der Waals surface area contributed by atoms with Crippen molar-refractivity contribution in [3.63, 3.8) is 0 Å². The number of rotatable bonds is 3. The summed E-state index contributed by atoms with van der Waals surface area (Å²) in [5.41, 5.74) is 2.51. The number of anilines is 1. The number of carbonyl (C=O) groups excluding carboxylic acids is 1. The van der Waals surface area contributed by atoms with Crippen LogP contribution in [0.15, 0.2) is 18.3 Å². The van der Waals surface area contributed by atoms with Crippen molar-refractivity contribution in [2.75, 3.05) is 5.32 Å². The van der Waals surface area contributed by atoms with Crippen molar-refractivity contribution in [1.29, 1.82) is 5.26 Å². The highest BCUT2D eigenvalue weighted by Gasteiger charge is 2.33. The van der Waals surface area contributed by atoms with Crippen LogP contribution in [0.1, 0.15) is 25.1 Å². The lowest BCUT2D eigenvalue weighted by atomic mass is 9.90. The number of hydrogen-bond donors (Lipinski definition) is 1. The largest absolute Gasteiger partial charge is 0.343 e. The molecule has 0 atom stereocenters. The van der Waals surface area contributed by atoms with E-state index in [1.165, 1.54) is 6.07 Å². The zero-order valence-electron chi connectivity index (χ0n) is 12.4. The summed E-state index contributed by atoms with van der Waals surface area (Å²) in [7, 11) is 0. The maximum atomic E-state index is 14.2. The van der Waals surface area contributed by atoms with Crippen LogP contribution >= 0.6 is 0 Å². The number of nitrogens with one attached hydrogen (secondary N) is 1. The van der Waals surface area contributed by atoms with Gasteiger partial charge in [-0.25, -0.2) is 9.37 Å². The first-order chi connectivity index (χ1) is 10.4. The van der Waals surface area contributed by atoms with Crippen LogP contribution in [0, 0.1) is 22.6 Å². The molecule has 22 heavy (non-hydrogen) atoms. The van der Waals surface area contributed by atoms with Crippen LogP contribution in [0.5, 0.6) is 0 Å². The van der Waals surface area contributed by atoms with Gasteiger partial charge in [0.05, 0.1) is 17.5 Å². The van der Waals surface area contributed by atoms with Crippen LogP contribution in [0.4, 0.5) is 10.2 Å². The van der Waals surface area contributed by atoms with Crippen molar-refractivity contribution in [1.82, 2.24) is 9.55 Å². The van der Waals surface area contributed by atoms with Crippen molar-refractivity contribution in [2.45, 2.75) is 26.8 Å². The summed E-state index contributed by atoms with van der Waals surface area (Å²) in [4.78, 5) is 14.3. The van der Waals surface area contributed by atoms with E-state index in [1.54, 1.807) is 6.07 Å². The molecule has 6 heteroatoms. The molecule has 0 fully saturated rings. The Bertz CT molecular complexity index is 801. The smallest absolute Gasteiger partial charge is 0.212 e. The van der Waals surface area contributed by atoms with Gasteiger partial charge in [-0.1, -0.05) is 13.8 Å². The number of hydrogen-bond acceptors (Lipinski definition) is 3. The van der Waals surface area contributed by atoms with E-state index in [9.17, 15) is 14.4 Å². The third-order valence-electron chi connectivity index (χ3n) is 3.90. The Labute approximate surface area is 127 Å². The van der Waals surface area contributed by atoms with Gasteiger partial charge in [-0.3, -0.25) is 4.79 Å². The molecule has 0 spiro atoms. The third-order valence-corrected chi connectivity index (χ3v) is 3.90. The molecule has 0 saturated carbocycles. The topological polar surface area (TPSA) is 70.7 Å². The first kappa shape index (κ1) is 14.3. The summed E-state index contributed by atoms with van der Waals surface area (Å²) in [5.74, 6) is -0.205. The van der Waals surface area contributed by atoms with E-state index in [1.807, 2.05) is 4.57 Å². The normalized spacial score (nSPS) is 15.2. The van der Waals surface area contributed by atoms with Gasteiger partial charge in [0.15, 0.2) is 5.82 Å². The van der Waals surface area contributed by atoms with Crippen LogP contribution in [0.25, 0.3) is 11.3 Å². The molecule has 0 unspecified atom stereocenters. The molecule has 2 aromatic rings. The Morgan fingerprint density at radius 3 is 2.95 bits per heavy atom. The molecule has 5 nitrogen and oxygen atoms in total. The highest BCUT2D eigenvalue weighted by Crippen LogP contribution is 2.39. The zero-order chi connectivity index (χ0) is 15.9. The molecule has 0 radical (unpaired) electrons. The minimum absolute atomic E-state index is 0.0321. The minimum atomic E-state index is -0.481. The molecular weight excluding hydrogens is 283 g/mol. The SMILES string of the molecule is CC1(C)Cc2c(C#N)cc(-c3cc(NC=O)ncc3F)n2C1. The summed E-state index contributed by atoms with van der Waals surface area (Å²) in [6.45, 7) is 4.96. The fourth-order valence-electron chi connectivity index (χ4n) is 2.99. The summed E-state index contributed by atoms with van der Waals surface area (Å²) in [5, 5.41) is 11.7. The quantitative estimate of drug-likeness (QED) is 0.886. The van der Waals surface area contributed by atoms with E-state index < -0.39 is 5.82 Å². The van der Waals surface area contributed by atoms with Crippen molar-refractivity contribution in [3.05, 3.63) is 35.4 Å². The third kappa shape index (κ3) is 2.25. The summed E-state index contributed by atoms with van der Waals surface area (Å²) >= 11 is 0. The van der Waals surface area contributed by atoms with Crippen molar-refractivity contribution in [2.24, 2.45) is 5.41 Å². The van der Waals surface area contributed by atoms with Crippen LogP contribution in [0.3, 0.4) is 0 Å². The second-order valence-electron chi connectivity index (χ2n) is 6.24. The van der Waals surface area contributed by atoms with Gasteiger partial charge in [0.25, 0.3) is 0 Å². The van der Waals surface area contributed by atoms with Gasteiger partial charge < -0.3 is 9.88 Å². The van der Waals surface area contributed by atoms with Crippen LogP contribution < -0.4 is 5.32 Å². The molecule has 3 heterocycles. The van der Waals surface area contributed by atoms with E-state index in [4.69, 9.17) is 0 Å². The predicted molar refractivity (Wildman–Crippen MR) is 79.5 cm³/mol. The van der Waals surface area contributed by atoms with Crippen LogP contribution in [0.2, 0.25) is 0 Å². The monoisotopic (exact) mass is 298 g/mol. The van der Waals surface area contributed by atoms with Gasteiger partial charge in [-0.15, -0.1) is 0 Å². The summed E-state index contributed by atoms with van der Waals surface area (Å²) in [6, 6.07) is 5.37. The second kappa shape index (κ2) is 4.95. The number of aromatic nitrogens is 2. The Hall–Kier alpha value is -2.68. The molecule has 0 saturated heterocycles. The first-order valence-corrected chi connectivity index (χ1v) is 6.94. The average molecular weight is 298 g/mol. The van der Waals surface area contributed by atoms with Gasteiger partial charge in [0, 0.05) is 17.8 Å². The van der Waals surface area contributed by atoms with Crippen molar-refractivity contribution in [3.8, 4) is 17.3 Å². The molecule has 1 amide bonds. The Kier molecular flexibility index (Phi) is 3.21. The minimum Gasteiger partial charge on any atom is -0.343 e. The lowest BCUT2D eigenvalue weighted by molar-refractivity contribution is -0.105. The summed E-state index contributed by atoms with van der Waals surface area (Å²) < 4.78 is 16.2. The number of fused-ring (bicyclic) bond motifs is 1. The number of amides is 1. The zero-order valence-corrected chi connectivity index (χ0v) is 12.4. The molecule has 1 N–H and O–H groups in total. The maximum Gasteiger partial charge on any atom is 0.212 e. The molecule has 0 bridgehead atoms. The molecule has 1 aliphatic heterocycles. The predicted octanol–water partition coefficient (Wildman–Crippen LogP) is 2.71. The molecular formula is C16H15FN4O. The lowest BCUT2D eigenvalue weighted by Crippen LogP contribution is -2.13. The van der Waals surface area contributed by atoms with Gasteiger partial charge in [0.2, 0.25) is 6.41 Å². The highest BCUT2D eigenvalue weighted by molar-refractivity contribution is 5.74. The van der Waals surface area contributed by atoms with Gasteiger partial charge in [0.1, 0.15) is 11.9 Å². The average Bonchev–Trinajstić information content (AvgIpc) is 2.94. The van der Waals surface area contributed by atoms with E-state index >= 15 is 0 Å². The molecule has 3 rings (SSSR count). The molecule has 2 aromatic heterocycles. The number of pyridine rings is 1. The molecule has 0 aliphatic carbocycles. The van der Waals surface area contributed by atoms with Gasteiger partial charge in [-0.2, -0.15) is 5.26 Å². The molecule has 112 valence electrons. The standard InChI is InChI=1S/C16H15FN4O/c1-16(2)5-14-10(6-18)3-13(21(14)8-16)11-4-15(20-9-22)19-7-12(11)17/h3-4,7,9H,5,8H2,1-2H3,(H,19,20,22). The maximum absolute atomic E-state index is 14.2. The van der Waals surface area contributed by atoms with Crippen molar-refractivity contribution >= 4 is 12.2 Å².